The standard InChI is InChI=1S/C13H20FN3.CH3NO/c1-13(16-2)5-7-17(8-6-13)12-4-3-10(14)9-11(12)15;2-1-3/h3-4,9,16H,5-8,15H2,1-2H3;1H,(H2,2,3). The van der Waals surface area contributed by atoms with Crippen molar-refractivity contribution >= 4 is 17.8 Å². The summed E-state index contributed by atoms with van der Waals surface area (Å²) >= 11 is 0. The second-order valence-corrected chi connectivity index (χ2v) is 5.14. The minimum absolute atomic E-state index is 0.214. The maximum absolute atomic E-state index is 13.0. The van der Waals surface area contributed by atoms with Gasteiger partial charge in [0, 0.05) is 18.6 Å². The second kappa shape index (κ2) is 7.09. The van der Waals surface area contributed by atoms with Gasteiger partial charge >= 0.3 is 0 Å². The molecule has 1 saturated heterocycles. The van der Waals surface area contributed by atoms with Gasteiger partial charge in [-0.25, -0.2) is 4.39 Å². The summed E-state index contributed by atoms with van der Waals surface area (Å²) in [6, 6.07) is 4.63. The van der Waals surface area contributed by atoms with Crippen molar-refractivity contribution in [2.75, 3.05) is 30.8 Å². The first-order valence-electron chi connectivity index (χ1n) is 6.60. The average Bonchev–Trinajstić information content (AvgIpc) is 2.41. The predicted molar refractivity (Wildman–Crippen MR) is 80.0 cm³/mol. The zero-order valence-electron chi connectivity index (χ0n) is 12.0. The molecular formula is C14H23FN4O. The van der Waals surface area contributed by atoms with Gasteiger partial charge in [0.05, 0.1) is 11.4 Å². The molecule has 1 aromatic carbocycles. The molecule has 1 aliphatic heterocycles. The normalized spacial score (nSPS) is 17.1. The van der Waals surface area contributed by atoms with E-state index < -0.39 is 0 Å². The molecule has 0 saturated carbocycles. The molecular weight excluding hydrogens is 259 g/mol. The lowest BCUT2D eigenvalue weighted by molar-refractivity contribution is -0.106. The van der Waals surface area contributed by atoms with Gasteiger partial charge < -0.3 is 21.7 Å². The third-order valence-electron chi connectivity index (χ3n) is 3.80. The number of nitrogens with zero attached hydrogens (tertiary/aromatic N) is 1. The van der Waals surface area contributed by atoms with Gasteiger partial charge in [0.15, 0.2) is 0 Å². The first-order valence-corrected chi connectivity index (χ1v) is 6.60. The summed E-state index contributed by atoms with van der Waals surface area (Å²) in [6.07, 6.45) is 2.39. The van der Waals surface area contributed by atoms with Gasteiger partial charge in [0.2, 0.25) is 6.41 Å². The fourth-order valence-corrected chi connectivity index (χ4v) is 2.30. The highest BCUT2D eigenvalue weighted by Gasteiger charge is 2.28. The van der Waals surface area contributed by atoms with Gasteiger partial charge in [-0.1, -0.05) is 0 Å². The Labute approximate surface area is 119 Å². The number of nitrogens with two attached hydrogens (primary N) is 2. The van der Waals surface area contributed by atoms with Crippen LogP contribution in [0.15, 0.2) is 18.2 Å². The number of nitrogen functional groups attached to an aromatic ring is 1. The largest absolute Gasteiger partial charge is 0.397 e. The zero-order valence-corrected chi connectivity index (χ0v) is 12.0. The highest BCUT2D eigenvalue weighted by atomic mass is 19.1. The molecule has 112 valence electrons. The van der Waals surface area contributed by atoms with E-state index >= 15 is 0 Å². The fraction of sp³-hybridized carbons (Fsp3) is 0.500. The Morgan fingerprint density at radius 3 is 2.40 bits per heavy atom. The van der Waals surface area contributed by atoms with E-state index in [9.17, 15) is 4.39 Å². The Kier molecular flexibility index (Phi) is 5.76. The summed E-state index contributed by atoms with van der Waals surface area (Å²) in [6.45, 7) is 4.14. The van der Waals surface area contributed by atoms with Crippen LogP contribution >= 0.6 is 0 Å². The van der Waals surface area contributed by atoms with E-state index in [1.807, 2.05) is 7.05 Å². The first kappa shape index (κ1) is 16.2. The van der Waals surface area contributed by atoms with E-state index in [0.717, 1.165) is 31.6 Å². The van der Waals surface area contributed by atoms with Crippen LogP contribution in [-0.4, -0.2) is 32.1 Å². The molecule has 1 amide bonds. The van der Waals surface area contributed by atoms with Crippen molar-refractivity contribution in [3.63, 3.8) is 0 Å². The predicted octanol–water partition coefficient (Wildman–Crippen LogP) is 1.09. The fourth-order valence-electron chi connectivity index (χ4n) is 2.30. The van der Waals surface area contributed by atoms with Crippen molar-refractivity contribution in [2.45, 2.75) is 25.3 Å². The lowest BCUT2D eigenvalue weighted by Crippen LogP contribution is -2.50. The molecule has 2 rings (SSSR count). The van der Waals surface area contributed by atoms with Gasteiger partial charge in [-0.2, -0.15) is 0 Å². The number of nitrogens with one attached hydrogen (secondary N) is 1. The number of halogens is 1. The molecule has 0 unspecified atom stereocenters. The second-order valence-electron chi connectivity index (χ2n) is 5.14. The van der Waals surface area contributed by atoms with Gasteiger partial charge in [-0.15, -0.1) is 0 Å². The van der Waals surface area contributed by atoms with Crippen molar-refractivity contribution < 1.29 is 9.18 Å². The Balaban J connectivity index is 0.000000612. The lowest BCUT2D eigenvalue weighted by atomic mass is 9.89. The molecule has 5 N–H and O–H groups in total. The molecule has 0 aliphatic carbocycles. The number of piperidine rings is 1. The minimum atomic E-state index is -0.275. The third kappa shape index (κ3) is 4.09. The maximum Gasteiger partial charge on any atom is 0.204 e. The Hall–Kier alpha value is -1.82. The number of hydrogen-bond acceptors (Lipinski definition) is 4. The molecule has 0 radical (unpaired) electrons. The topological polar surface area (TPSA) is 84.4 Å². The molecule has 0 bridgehead atoms. The number of primary amides is 1. The van der Waals surface area contributed by atoms with Crippen LogP contribution in [0.25, 0.3) is 0 Å². The number of anilines is 2. The minimum Gasteiger partial charge on any atom is -0.397 e. The third-order valence-corrected chi connectivity index (χ3v) is 3.80. The summed E-state index contributed by atoms with van der Waals surface area (Å²) in [7, 11) is 2.00. The van der Waals surface area contributed by atoms with Gasteiger partial charge in [0.25, 0.3) is 0 Å². The number of amides is 1. The van der Waals surface area contributed by atoms with Gasteiger partial charge in [-0.05, 0) is 45.0 Å². The first-order chi connectivity index (χ1) is 9.45. The molecule has 20 heavy (non-hydrogen) atoms. The number of benzene rings is 1. The van der Waals surface area contributed by atoms with E-state index in [2.05, 4.69) is 22.9 Å². The van der Waals surface area contributed by atoms with Crippen molar-refractivity contribution in [2.24, 2.45) is 5.73 Å². The molecule has 1 fully saturated rings. The molecule has 0 spiro atoms. The molecule has 1 heterocycles. The average molecular weight is 282 g/mol. The van der Waals surface area contributed by atoms with Crippen LogP contribution in [0.4, 0.5) is 15.8 Å². The number of carbonyl (C=O) groups is 1. The van der Waals surface area contributed by atoms with E-state index in [1.54, 1.807) is 6.07 Å². The Bertz CT molecular complexity index is 445. The highest BCUT2D eigenvalue weighted by Crippen LogP contribution is 2.29. The summed E-state index contributed by atoms with van der Waals surface area (Å²) in [5.74, 6) is -0.275. The van der Waals surface area contributed by atoms with Gasteiger partial charge in [0.1, 0.15) is 5.82 Å². The van der Waals surface area contributed by atoms with Gasteiger partial charge in [-0.3, -0.25) is 4.79 Å². The molecule has 1 aliphatic rings. The van der Waals surface area contributed by atoms with Crippen LogP contribution < -0.4 is 21.7 Å². The number of carbonyl (C=O) groups excluding carboxylic acids is 1. The highest BCUT2D eigenvalue weighted by molar-refractivity contribution is 5.67. The summed E-state index contributed by atoms with van der Waals surface area (Å²) in [4.78, 5) is 10.8. The van der Waals surface area contributed by atoms with Crippen molar-refractivity contribution in [3.8, 4) is 0 Å². The monoisotopic (exact) mass is 282 g/mol. The summed E-state index contributed by atoms with van der Waals surface area (Å²) in [5.41, 5.74) is 11.7. The summed E-state index contributed by atoms with van der Waals surface area (Å²) in [5, 5.41) is 3.36. The molecule has 5 nitrogen and oxygen atoms in total. The van der Waals surface area contributed by atoms with E-state index in [1.165, 1.54) is 12.1 Å². The van der Waals surface area contributed by atoms with E-state index in [4.69, 9.17) is 10.5 Å². The molecule has 0 atom stereocenters. The molecule has 0 aromatic heterocycles. The molecule has 6 heteroatoms. The Morgan fingerprint density at radius 1 is 1.40 bits per heavy atom. The Morgan fingerprint density at radius 2 is 1.95 bits per heavy atom. The van der Waals surface area contributed by atoms with Crippen LogP contribution in [0, 0.1) is 5.82 Å². The molecule has 1 aromatic rings. The smallest absolute Gasteiger partial charge is 0.204 e. The van der Waals surface area contributed by atoms with Crippen LogP contribution in [0.3, 0.4) is 0 Å². The van der Waals surface area contributed by atoms with Crippen LogP contribution in [-0.2, 0) is 4.79 Å². The SMILES string of the molecule is CNC1(C)CCN(c2ccc(F)cc2N)CC1.NC=O. The van der Waals surface area contributed by atoms with Crippen LogP contribution in [0.1, 0.15) is 19.8 Å². The van der Waals surface area contributed by atoms with Crippen LogP contribution in [0.2, 0.25) is 0 Å². The van der Waals surface area contributed by atoms with Crippen molar-refractivity contribution in [1.29, 1.82) is 0 Å². The van der Waals surface area contributed by atoms with Crippen LogP contribution in [0.5, 0.6) is 0 Å². The number of rotatable bonds is 2. The number of hydrogen-bond donors (Lipinski definition) is 3. The zero-order chi connectivity index (χ0) is 15.2. The van der Waals surface area contributed by atoms with Crippen molar-refractivity contribution in [3.05, 3.63) is 24.0 Å². The van der Waals surface area contributed by atoms with E-state index in [-0.39, 0.29) is 17.8 Å². The summed E-state index contributed by atoms with van der Waals surface area (Å²) < 4.78 is 13.0. The lowest BCUT2D eigenvalue weighted by Gasteiger charge is -2.40. The van der Waals surface area contributed by atoms with Crippen molar-refractivity contribution in [1.82, 2.24) is 5.32 Å². The maximum atomic E-state index is 13.0. The quantitative estimate of drug-likeness (QED) is 0.560. The van der Waals surface area contributed by atoms with E-state index in [0.29, 0.717) is 5.69 Å².